The highest BCUT2D eigenvalue weighted by molar-refractivity contribution is 5.98. The molecule has 0 bridgehead atoms. The summed E-state index contributed by atoms with van der Waals surface area (Å²) in [5, 5.41) is 13.8. The van der Waals surface area contributed by atoms with Gasteiger partial charge in [-0.05, 0) is 37.0 Å². The van der Waals surface area contributed by atoms with Crippen molar-refractivity contribution in [1.82, 2.24) is 20.2 Å². The van der Waals surface area contributed by atoms with E-state index < -0.39 is 17.9 Å². The van der Waals surface area contributed by atoms with Crippen LogP contribution in [0.1, 0.15) is 37.0 Å². The zero-order valence-corrected chi connectivity index (χ0v) is 16.3. The van der Waals surface area contributed by atoms with Gasteiger partial charge < -0.3 is 22.1 Å². The summed E-state index contributed by atoms with van der Waals surface area (Å²) in [6, 6.07) is 4.91. The van der Waals surface area contributed by atoms with E-state index in [4.69, 9.17) is 11.5 Å². The number of hydrogen-bond acceptors (Lipinski definition) is 7. The lowest BCUT2D eigenvalue weighted by molar-refractivity contribution is -0.118. The molecule has 2 heterocycles. The Labute approximate surface area is 167 Å². The Morgan fingerprint density at radius 3 is 2.66 bits per heavy atom. The van der Waals surface area contributed by atoms with Crippen LogP contribution in [-0.2, 0) is 4.79 Å². The number of primary amides is 2. The van der Waals surface area contributed by atoms with Crippen molar-refractivity contribution in [2.24, 2.45) is 17.4 Å². The van der Waals surface area contributed by atoms with Crippen LogP contribution in [0.5, 0.6) is 0 Å². The van der Waals surface area contributed by atoms with Crippen molar-refractivity contribution in [3.63, 3.8) is 0 Å². The SMILES string of the molecule is CC(C)CC[C@@H](Nc1ncc(C(N)=O)c(Nc2ccc3cn[nH]c3c2)n1)C(N)=O. The molecule has 10 nitrogen and oxygen atoms in total. The summed E-state index contributed by atoms with van der Waals surface area (Å²) < 4.78 is 0. The molecule has 0 saturated heterocycles. The van der Waals surface area contributed by atoms with E-state index in [0.717, 1.165) is 17.3 Å². The first-order valence-electron chi connectivity index (χ1n) is 9.26. The zero-order valence-electron chi connectivity index (χ0n) is 16.3. The molecule has 0 radical (unpaired) electrons. The van der Waals surface area contributed by atoms with Gasteiger partial charge in [0.15, 0.2) is 0 Å². The Morgan fingerprint density at radius 1 is 1.17 bits per heavy atom. The molecule has 0 saturated carbocycles. The van der Waals surface area contributed by atoms with Gasteiger partial charge in [0, 0.05) is 17.3 Å². The second kappa shape index (κ2) is 8.55. The van der Waals surface area contributed by atoms with Crippen LogP contribution < -0.4 is 22.1 Å². The molecule has 2 amide bonds. The number of fused-ring (bicyclic) bond motifs is 1. The lowest BCUT2D eigenvalue weighted by Crippen LogP contribution is -2.36. The minimum absolute atomic E-state index is 0.123. The lowest BCUT2D eigenvalue weighted by atomic mass is 10.0. The van der Waals surface area contributed by atoms with E-state index in [2.05, 4.69) is 44.6 Å². The van der Waals surface area contributed by atoms with Gasteiger partial charge in [0.05, 0.1) is 11.7 Å². The number of nitrogens with two attached hydrogens (primary N) is 2. The van der Waals surface area contributed by atoms with Crippen LogP contribution in [-0.4, -0.2) is 38.0 Å². The fraction of sp³-hybridized carbons (Fsp3) is 0.316. The lowest BCUT2D eigenvalue weighted by Gasteiger charge is -2.17. The number of amides is 2. The topological polar surface area (TPSA) is 165 Å². The first-order chi connectivity index (χ1) is 13.8. The highest BCUT2D eigenvalue weighted by Crippen LogP contribution is 2.23. The van der Waals surface area contributed by atoms with Crippen molar-refractivity contribution in [3.8, 4) is 0 Å². The Hall–Kier alpha value is -3.69. The zero-order chi connectivity index (χ0) is 21.0. The largest absolute Gasteiger partial charge is 0.368 e. The van der Waals surface area contributed by atoms with Crippen molar-refractivity contribution in [2.75, 3.05) is 10.6 Å². The Morgan fingerprint density at radius 2 is 1.97 bits per heavy atom. The molecular formula is C19H24N8O2. The predicted molar refractivity (Wildman–Crippen MR) is 111 cm³/mol. The van der Waals surface area contributed by atoms with Gasteiger partial charge >= 0.3 is 0 Å². The number of H-pyrrole nitrogens is 1. The number of carbonyl (C=O) groups is 2. The van der Waals surface area contributed by atoms with Gasteiger partial charge in [-0.15, -0.1) is 0 Å². The number of rotatable bonds is 9. The molecule has 3 rings (SSSR count). The van der Waals surface area contributed by atoms with E-state index in [0.29, 0.717) is 18.0 Å². The van der Waals surface area contributed by atoms with Crippen LogP contribution in [0.15, 0.2) is 30.6 Å². The van der Waals surface area contributed by atoms with E-state index in [1.54, 1.807) is 6.20 Å². The van der Waals surface area contributed by atoms with Crippen LogP contribution >= 0.6 is 0 Å². The predicted octanol–water partition coefficient (Wildman–Crippen LogP) is 1.90. The molecule has 0 unspecified atom stereocenters. The Kier molecular flexibility index (Phi) is 5.91. The number of nitrogens with one attached hydrogen (secondary N) is 3. The highest BCUT2D eigenvalue weighted by atomic mass is 16.1. The molecule has 2 aromatic heterocycles. The van der Waals surface area contributed by atoms with Crippen molar-refractivity contribution in [1.29, 1.82) is 0 Å². The summed E-state index contributed by atoms with van der Waals surface area (Å²) in [7, 11) is 0. The molecule has 7 N–H and O–H groups in total. The van der Waals surface area contributed by atoms with Crippen molar-refractivity contribution in [3.05, 3.63) is 36.2 Å². The average Bonchev–Trinajstić information content (AvgIpc) is 3.12. The minimum Gasteiger partial charge on any atom is -0.368 e. The maximum Gasteiger partial charge on any atom is 0.254 e. The number of benzene rings is 1. The van der Waals surface area contributed by atoms with Crippen LogP contribution in [0, 0.1) is 5.92 Å². The third-order valence-electron chi connectivity index (χ3n) is 4.44. The normalized spacial score (nSPS) is 12.1. The van der Waals surface area contributed by atoms with Gasteiger partial charge in [-0.3, -0.25) is 14.7 Å². The first-order valence-corrected chi connectivity index (χ1v) is 9.26. The van der Waals surface area contributed by atoms with Crippen LogP contribution in [0.25, 0.3) is 10.9 Å². The number of aromatic nitrogens is 4. The van der Waals surface area contributed by atoms with E-state index in [-0.39, 0.29) is 17.3 Å². The molecule has 10 heteroatoms. The minimum atomic E-state index is -0.673. The van der Waals surface area contributed by atoms with Gasteiger partial charge in [0.1, 0.15) is 17.4 Å². The smallest absolute Gasteiger partial charge is 0.254 e. The standard InChI is InChI=1S/C19H24N8O2/c1-10(2)3-6-14(17(21)29)25-19-22-9-13(16(20)28)18(26-19)24-12-5-4-11-8-23-27-15(11)7-12/h4-5,7-10,14H,3,6H2,1-2H3,(H2,20,28)(H2,21,29)(H,23,27)(H2,22,24,25,26)/t14-/m1/s1. The Bertz CT molecular complexity index is 1030. The van der Waals surface area contributed by atoms with E-state index in [9.17, 15) is 9.59 Å². The number of anilines is 3. The number of hydrogen-bond donors (Lipinski definition) is 5. The highest BCUT2D eigenvalue weighted by Gasteiger charge is 2.19. The van der Waals surface area contributed by atoms with Crippen LogP contribution in [0.2, 0.25) is 0 Å². The quantitative estimate of drug-likeness (QED) is 0.368. The number of carbonyl (C=O) groups excluding carboxylic acids is 2. The Balaban J connectivity index is 1.86. The third-order valence-corrected chi connectivity index (χ3v) is 4.44. The van der Waals surface area contributed by atoms with E-state index in [1.165, 1.54) is 6.20 Å². The van der Waals surface area contributed by atoms with Crippen molar-refractivity contribution in [2.45, 2.75) is 32.7 Å². The monoisotopic (exact) mass is 396 g/mol. The molecule has 3 aromatic rings. The summed E-state index contributed by atoms with van der Waals surface area (Å²) in [5.41, 5.74) is 12.6. The molecule has 0 spiro atoms. The second-order valence-corrected chi connectivity index (χ2v) is 7.19. The fourth-order valence-electron chi connectivity index (χ4n) is 2.82. The summed E-state index contributed by atoms with van der Waals surface area (Å²) in [4.78, 5) is 32.0. The van der Waals surface area contributed by atoms with Gasteiger partial charge in [-0.2, -0.15) is 10.1 Å². The molecule has 1 atom stereocenters. The molecule has 0 fully saturated rings. The maximum atomic E-state index is 11.8. The van der Waals surface area contributed by atoms with Crippen molar-refractivity contribution < 1.29 is 9.59 Å². The molecule has 1 aromatic carbocycles. The molecule has 152 valence electrons. The summed E-state index contributed by atoms with van der Waals surface area (Å²) in [6.45, 7) is 4.13. The molecule has 0 aliphatic carbocycles. The third kappa shape index (κ3) is 4.98. The fourth-order valence-corrected chi connectivity index (χ4v) is 2.82. The molecule has 29 heavy (non-hydrogen) atoms. The van der Waals surface area contributed by atoms with Gasteiger partial charge in [0.25, 0.3) is 5.91 Å². The second-order valence-electron chi connectivity index (χ2n) is 7.19. The van der Waals surface area contributed by atoms with Gasteiger partial charge in [-0.25, -0.2) is 4.98 Å². The number of aromatic amines is 1. The first kappa shape index (κ1) is 20.1. The summed E-state index contributed by atoms with van der Waals surface area (Å²) >= 11 is 0. The summed E-state index contributed by atoms with van der Waals surface area (Å²) in [6.07, 6.45) is 4.39. The molecular weight excluding hydrogens is 372 g/mol. The molecule has 0 aliphatic rings. The van der Waals surface area contributed by atoms with Gasteiger partial charge in [-0.1, -0.05) is 13.8 Å². The van der Waals surface area contributed by atoms with E-state index >= 15 is 0 Å². The van der Waals surface area contributed by atoms with Gasteiger partial charge in [0.2, 0.25) is 11.9 Å². The maximum absolute atomic E-state index is 11.8. The number of nitrogens with zero attached hydrogens (tertiary/aromatic N) is 3. The van der Waals surface area contributed by atoms with Crippen molar-refractivity contribution >= 4 is 40.2 Å². The van der Waals surface area contributed by atoms with Crippen LogP contribution in [0.3, 0.4) is 0 Å². The van der Waals surface area contributed by atoms with E-state index in [1.807, 2.05) is 18.2 Å². The average molecular weight is 396 g/mol. The molecule has 0 aliphatic heterocycles. The van der Waals surface area contributed by atoms with Crippen LogP contribution in [0.4, 0.5) is 17.5 Å². The summed E-state index contributed by atoms with van der Waals surface area (Å²) in [5.74, 6) is -0.347.